The van der Waals surface area contributed by atoms with Crippen LogP contribution in [0.25, 0.3) is 0 Å². The van der Waals surface area contributed by atoms with E-state index in [9.17, 15) is 18.3 Å². The molecule has 11 nitrogen and oxygen atoms in total. The van der Waals surface area contributed by atoms with Crippen molar-refractivity contribution in [3.05, 3.63) is 59.7 Å². The number of hydrogen-bond donors (Lipinski definition) is 4. The van der Waals surface area contributed by atoms with E-state index in [0.29, 0.717) is 24.3 Å². The van der Waals surface area contributed by atoms with Crippen LogP contribution >= 0.6 is 0 Å². The number of ether oxygens (including phenoxy) is 1. The fourth-order valence-corrected chi connectivity index (χ4v) is 3.96. The standard InChI is InChI=1S/C20H23N5O6S/c21-13-15-4-1-2-5-18(15)32(28,29)25-17(19(26)27)12-14-6-8-16(9-7-14)30-10-3-11-31-24-20(22)23/h1-2,4-9,17,25H,3,10-12H2,(H,26,27)(H4,22,23,24)/t17-/m0/s1. The number of nitrogens with zero attached hydrogens (tertiary/aromatic N) is 2. The second kappa shape index (κ2) is 11.5. The number of sulfonamides is 1. The van der Waals surface area contributed by atoms with Crippen molar-refractivity contribution in [3.8, 4) is 11.8 Å². The summed E-state index contributed by atoms with van der Waals surface area (Å²) in [7, 11) is -4.22. The number of carboxylic acids is 1. The maximum Gasteiger partial charge on any atom is 0.322 e. The van der Waals surface area contributed by atoms with E-state index in [2.05, 4.69) is 9.88 Å². The number of carbonyl (C=O) groups is 1. The molecule has 0 radical (unpaired) electrons. The van der Waals surface area contributed by atoms with Crippen molar-refractivity contribution in [1.29, 1.82) is 5.26 Å². The Morgan fingerprint density at radius 2 is 1.84 bits per heavy atom. The summed E-state index contributed by atoms with van der Waals surface area (Å²) in [6.45, 7) is 0.612. The minimum absolute atomic E-state index is 0.0747. The average molecular weight is 462 g/mol. The molecule has 0 bridgehead atoms. The van der Waals surface area contributed by atoms with E-state index in [4.69, 9.17) is 26.3 Å². The Bertz CT molecular complexity index is 1090. The van der Waals surface area contributed by atoms with Crippen LogP contribution in [0.15, 0.2) is 58.6 Å². The molecule has 2 rings (SSSR count). The van der Waals surface area contributed by atoms with Gasteiger partial charge in [0.1, 0.15) is 24.5 Å². The summed E-state index contributed by atoms with van der Waals surface area (Å²) in [6.07, 6.45) is 0.432. The number of nitriles is 1. The number of oxime groups is 1. The predicted octanol–water partition coefficient (Wildman–Crippen LogP) is 0.506. The first-order chi connectivity index (χ1) is 15.2. The first kappa shape index (κ1) is 24.4. The molecule has 0 spiro atoms. The minimum Gasteiger partial charge on any atom is -0.493 e. The Morgan fingerprint density at radius 1 is 1.16 bits per heavy atom. The van der Waals surface area contributed by atoms with Crippen LogP contribution in [0, 0.1) is 11.3 Å². The zero-order valence-corrected chi connectivity index (χ0v) is 17.8. The Morgan fingerprint density at radius 3 is 2.47 bits per heavy atom. The zero-order valence-electron chi connectivity index (χ0n) is 17.0. The molecule has 32 heavy (non-hydrogen) atoms. The Labute approximate surface area is 185 Å². The van der Waals surface area contributed by atoms with Gasteiger partial charge in [-0.25, -0.2) is 8.42 Å². The molecule has 0 saturated heterocycles. The van der Waals surface area contributed by atoms with Gasteiger partial charge < -0.3 is 26.1 Å². The van der Waals surface area contributed by atoms with Crippen LogP contribution in [0.3, 0.4) is 0 Å². The number of nitrogens with two attached hydrogens (primary N) is 2. The van der Waals surface area contributed by atoms with Gasteiger partial charge in [0.15, 0.2) is 0 Å². The molecule has 0 aliphatic carbocycles. The minimum atomic E-state index is -4.22. The molecule has 0 aliphatic heterocycles. The number of guanidine groups is 1. The van der Waals surface area contributed by atoms with Crippen molar-refractivity contribution in [3.63, 3.8) is 0 Å². The highest BCUT2D eigenvalue weighted by Gasteiger charge is 2.27. The van der Waals surface area contributed by atoms with E-state index in [1.165, 1.54) is 24.3 Å². The van der Waals surface area contributed by atoms with E-state index in [1.54, 1.807) is 30.3 Å². The van der Waals surface area contributed by atoms with Crippen LogP contribution in [-0.2, 0) is 26.1 Å². The normalized spacial score (nSPS) is 11.7. The summed E-state index contributed by atoms with van der Waals surface area (Å²) < 4.78 is 32.9. The Hall–Kier alpha value is -3.82. The van der Waals surface area contributed by atoms with Crippen LogP contribution < -0.4 is 20.9 Å². The van der Waals surface area contributed by atoms with Crippen molar-refractivity contribution in [1.82, 2.24) is 4.72 Å². The highest BCUT2D eigenvalue weighted by molar-refractivity contribution is 7.89. The molecular formula is C20H23N5O6S. The Kier molecular flexibility index (Phi) is 8.82. The van der Waals surface area contributed by atoms with Crippen molar-refractivity contribution in [2.75, 3.05) is 13.2 Å². The topological polar surface area (TPSA) is 190 Å². The molecule has 0 aromatic heterocycles. The number of nitrogens with one attached hydrogen (secondary N) is 1. The van der Waals surface area contributed by atoms with Gasteiger partial charge in [0.2, 0.25) is 16.0 Å². The van der Waals surface area contributed by atoms with Crippen LogP contribution in [-0.4, -0.2) is 44.7 Å². The third-order valence-corrected chi connectivity index (χ3v) is 5.60. The monoisotopic (exact) mass is 461 g/mol. The second-order valence-corrected chi connectivity index (χ2v) is 8.20. The predicted molar refractivity (Wildman–Crippen MR) is 115 cm³/mol. The molecule has 6 N–H and O–H groups in total. The van der Waals surface area contributed by atoms with Crippen molar-refractivity contribution in [2.24, 2.45) is 16.6 Å². The van der Waals surface area contributed by atoms with Gasteiger partial charge in [-0.2, -0.15) is 9.98 Å². The van der Waals surface area contributed by atoms with E-state index < -0.39 is 22.0 Å². The quantitative estimate of drug-likeness (QED) is 0.151. The van der Waals surface area contributed by atoms with Crippen molar-refractivity contribution in [2.45, 2.75) is 23.8 Å². The molecule has 2 aromatic rings. The summed E-state index contributed by atoms with van der Waals surface area (Å²) >= 11 is 0. The summed E-state index contributed by atoms with van der Waals surface area (Å²) in [5.74, 6) is -0.965. The average Bonchev–Trinajstić information content (AvgIpc) is 2.76. The molecule has 12 heteroatoms. The number of hydrogen-bond acceptors (Lipinski definition) is 7. The van der Waals surface area contributed by atoms with Crippen LogP contribution in [0.4, 0.5) is 0 Å². The number of rotatable bonds is 12. The lowest BCUT2D eigenvalue weighted by Gasteiger charge is -2.16. The second-order valence-electron chi connectivity index (χ2n) is 6.52. The van der Waals surface area contributed by atoms with Gasteiger partial charge >= 0.3 is 5.97 Å². The summed E-state index contributed by atoms with van der Waals surface area (Å²) in [5, 5.41) is 22.0. The van der Waals surface area contributed by atoms with E-state index in [-0.39, 0.29) is 29.4 Å². The molecule has 0 saturated carbocycles. The third kappa shape index (κ3) is 7.46. The first-order valence-corrected chi connectivity index (χ1v) is 10.9. The molecule has 0 unspecified atom stereocenters. The maximum absolute atomic E-state index is 12.6. The fraction of sp³-hybridized carbons (Fsp3) is 0.250. The molecule has 170 valence electrons. The molecule has 0 aliphatic rings. The van der Waals surface area contributed by atoms with E-state index in [0.717, 1.165) is 0 Å². The number of aliphatic carboxylic acids is 1. The first-order valence-electron chi connectivity index (χ1n) is 9.40. The van der Waals surface area contributed by atoms with Crippen molar-refractivity contribution >= 4 is 22.0 Å². The van der Waals surface area contributed by atoms with Gasteiger partial charge in [-0.3, -0.25) is 4.79 Å². The largest absolute Gasteiger partial charge is 0.493 e. The highest BCUT2D eigenvalue weighted by Crippen LogP contribution is 2.17. The lowest BCUT2D eigenvalue weighted by molar-refractivity contribution is -0.138. The summed E-state index contributed by atoms with van der Waals surface area (Å²) in [6, 6.07) is 12.5. The van der Waals surface area contributed by atoms with Gasteiger partial charge in [-0.15, -0.1) is 0 Å². The Balaban J connectivity index is 1.97. The van der Waals surface area contributed by atoms with Crippen LogP contribution in [0.1, 0.15) is 17.5 Å². The van der Waals surface area contributed by atoms with Gasteiger partial charge in [0.05, 0.1) is 17.1 Å². The molecule has 1 atom stereocenters. The van der Waals surface area contributed by atoms with E-state index in [1.807, 2.05) is 0 Å². The van der Waals surface area contributed by atoms with Crippen LogP contribution in [0.5, 0.6) is 5.75 Å². The summed E-state index contributed by atoms with van der Waals surface area (Å²) in [4.78, 5) is 16.2. The lowest BCUT2D eigenvalue weighted by atomic mass is 10.1. The molecule has 0 heterocycles. The molecule has 0 fully saturated rings. The highest BCUT2D eigenvalue weighted by atomic mass is 32.2. The smallest absolute Gasteiger partial charge is 0.322 e. The third-order valence-electron chi connectivity index (χ3n) is 4.07. The molecule has 2 aromatic carbocycles. The zero-order chi connectivity index (χ0) is 23.6. The van der Waals surface area contributed by atoms with Gasteiger partial charge in [0, 0.05) is 6.42 Å². The van der Waals surface area contributed by atoms with Crippen LogP contribution in [0.2, 0.25) is 0 Å². The van der Waals surface area contributed by atoms with Gasteiger partial charge in [-0.05, 0) is 41.4 Å². The lowest BCUT2D eigenvalue weighted by Crippen LogP contribution is -2.42. The maximum atomic E-state index is 12.6. The number of benzene rings is 2. The van der Waals surface area contributed by atoms with Gasteiger partial charge in [0.25, 0.3) is 0 Å². The SMILES string of the molecule is N#Cc1ccccc1S(=O)(=O)N[C@@H](Cc1ccc(OCCCON=C(N)N)cc1)C(=O)O. The molecular weight excluding hydrogens is 438 g/mol. The molecule has 0 amide bonds. The fourth-order valence-electron chi connectivity index (χ4n) is 2.61. The van der Waals surface area contributed by atoms with Crippen molar-refractivity contribution < 1.29 is 27.9 Å². The van der Waals surface area contributed by atoms with Gasteiger partial charge in [-0.1, -0.05) is 24.3 Å². The van der Waals surface area contributed by atoms with E-state index >= 15 is 0 Å². The number of carboxylic acid groups (broad SMARTS) is 1. The summed E-state index contributed by atoms with van der Waals surface area (Å²) in [5.41, 5.74) is 10.8.